The highest BCUT2D eigenvalue weighted by Crippen LogP contribution is 2.40. The van der Waals surface area contributed by atoms with E-state index in [-0.39, 0.29) is 6.04 Å². The van der Waals surface area contributed by atoms with Crippen LogP contribution in [0.2, 0.25) is 0 Å². The molecule has 1 N–H and O–H groups in total. The van der Waals surface area contributed by atoms with E-state index in [1.54, 1.807) is 35.5 Å². The molecule has 5 heteroatoms. The van der Waals surface area contributed by atoms with Crippen molar-refractivity contribution >= 4 is 10.0 Å². The molecule has 1 aromatic carbocycles. The second-order valence-electron chi connectivity index (χ2n) is 5.66. The summed E-state index contributed by atoms with van der Waals surface area (Å²) in [6.07, 6.45) is 2.50. The lowest BCUT2D eigenvalue weighted by Gasteiger charge is -2.26. The number of rotatable bonds is 3. The molecule has 1 aliphatic carbocycles. The molecule has 1 saturated heterocycles. The van der Waals surface area contributed by atoms with Crippen molar-refractivity contribution in [2.24, 2.45) is 5.92 Å². The zero-order chi connectivity index (χ0) is 13.6. The highest BCUT2D eigenvalue weighted by molar-refractivity contribution is 7.89. The fourth-order valence-electron chi connectivity index (χ4n) is 3.24. The van der Waals surface area contributed by atoms with Gasteiger partial charge in [0.2, 0.25) is 10.0 Å². The smallest absolute Gasteiger partial charge is 0.243 e. The molecule has 3 unspecified atom stereocenters. The van der Waals surface area contributed by atoms with Gasteiger partial charge in [0.1, 0.15) is 0 Å². The van der Waals surface area contributed by atoms with Gasteiger partial charge in [-0.1, -0.05) is 12.1 Å². The Labute approximate surface area is 114 Å². The fourth-order valence-corrected chi connectivity index (χ4v) is 5.04. The van der Waals surface area contributed by atoms with Gasteiger partial charge in [0.05, 0.1) is 11.0 Å². The van der Waals surface area contributed by atoms with Gasteiger partial charge in [0.15, 0.2) is 0 Å². The third-order valence-electron chi connectivity index (χ3n) is 4.31. The molecule has 0 spiro atoms. The van der Waals surface area contributed by atoms with Gasteiger partial charge < -0.3 is 5.11 Å². The van der Waals surface area contributed by atoms with Crippen molar-refractivity contribution < 1.29 is 13.5 Å². The molecule has 1 aromatic rings. The average molecular weight is 281 g/mol. The van der Waals surface area contributed by atoms with Gasteiger partial charge in [0, 0.05) is 12.6 Å². The van der Waals surface area contributed by atoms with Gasteiger partial charge in [0.25, 0.3) is 0 Å². The summed E-state index contributed by atoms with van der Waals surface area (Å²) in [5.41, 5.74) is 0.644. The van der Waals surface area contributed by atoms with Crippen LogP contribution in [-0.4, -0.2) is 30.4 Å². The summed E-state index contributed by atoms with van der Waals surface area (Å²) in [4.78, 5) is 0.304. The van der Waals surface area contributed by atoms with E-state index in [0.29, 0.717) is 22.9 Å². The van der Waals surface area contributed by atoms with Crippen LogP contribution in [0.1, 0.15) is 37.9 Å². The van der Waals surface area contributed by atoms with Crippen LogP contribution in [-0.2, 0) is 10.0 Å². The number of piperidine rings is 1. The molecule has 0 amide bonds. The first-order valence-corrected chi connectivity index (χ1v) is 8.22. The Hall–Kier alpha value is -0.910. The summed E-state index contributed by atoms with van der Waals surface area (Å²) < 4.78 is 26.9. The quantitative estimate of drug-likeness (QED) is 0.920. The van der Waals surface area contributed by atoms with Crippen molar-refractivity contribution in [2.75, 3.05) is 6.54 Å². The van der Waals surface area contributed by atoms with E-state index in [2.05, 4.69) is 0 Å². The number of nitrogens with zero attached hydrogens (tertiary/aromatic N) is 1. The molecule has 4 nitrogen and oxygen atoms in total. The summed E-state index contributed by atoms with van der Waals surface area (Å²) in [5, 5.41) is 9.58. The first-order chi connectivity index (χ1) is 8.98. The first kappa shape index (κ1) is 13.1. The lowest BCUT2D eigenvalue weighted by atomic mass is 10.1. The maximum Gasteiger partial charge on any atom is 0.243 e. The molecule has 0 aromatic heterocycles. The Balaban J connectivity index is 1.94. The number of hydrogen-bond donors (Lipinski definition) is 1. The van der Waals surface area contributed by atoms with Crippen LogP contribution >= 0.6 is 0 Å². The van der Waals surface area contributed by atoms with Gasteiger partial charge >= 0.3 is 0 Å². The van der Waals surface area contributed by atoms with Crippen molar-refractivity contribution in [1.82, 2.24) is 4.31 Å². The van der Waals surface area contributed by atoms with E-state index in [1.807, 2.05) is 0 Å². The van der Waals surface area contributed by atoms with Crippen molar-refractivity contribution in [1.29, 1.82) is 0 Å². The van der Waals surface area contributed by atoms with Crippen molar-refractivity contribution in [2.45, 2.75) is 43.2 Å². The number of sulfonamides is 1. The number of hydrogen-bond acceptors (Lipinski definition) is 3. The molecular weight excluding hydrogens is 262 g/mol. The minimum atomic E-state index is -3.40. The lowest BCUT2D eigenvalue weighted by molar-refractivity contribution is 0.199. The van der Waals surface area contributed by atoms with Crippen LogP contribution in [0, 0.1) is 5.92 Å². The van der Waals surface area contributed by atoms with E-state index in [0.717, 1.165) is 19.3 Å². The normalized spacial score (nSPS) is 28.7. The molecule has 104 valence electrons. The van der Waals surface area contributed by atoms with E-state index in [1.165, 1.54) is 0 Å². The van der Waals surface area contributed by atoms with E-state index >= 15 is 0 Å². The van der Waals surface area contributed by atoms with Crippen LogP contribution in [0.25, 0.3) is 0 Å². The summed E-state index contributed by atoms with van der Waals surface area (Å²) >= 11 is 0. The van der Waals surface area contributed by atoms with Crippen LogP contribution < -0.4 is 0 Å². The maximum atomic E-state index is 12.6. The Bertz CT molecular complexity index is 582. The molecule has 3 atom stereocenters. The largest absolute Gasteiger partial charge is 0.389 e. The predicted molar refractivity (Wildman–Crippen MR) is 72.1 cm³/mol. The zero-order valence-electron chi connectivity index (χ0n) is 11.0. The monoisotopic (exact) mass is 281 g/mol. The second kappa shape index (κ2) is 4.58. The molecule has 19 heavy (non-hydrogen) atoms. The molecule has 3 rings (SSSR count). The summed E-state index contributed by atoms with van der Waals surface area (Å²) in [6.45, 7) is 2.30. The molecule has 1 aliphatic heterocycles. The number of fused-ring (bicyclic) bond motifs is 2. The molecule has 0 radical (unpaired) electrons. The van der Waals surface area contributed by atoms with Gasteiger partial charge in [-0.05, 0) is 49.8 Å². The minimum absolute atomic E-state index is 0.185. The minimum Gasteiger partial charge on any atom is -0.389 e. The van der Waals surface area contributed by atoms with E-state index in [9.17, 15) is 13.5 Å². The van der Waals surface area contributed by atoms with Crippen LogP contribution in [0.4, 0.5) is 0 Å². The van der Waals surface area contributed by atoms with E-state index < -0.39 is 16.1 Å². The van der Waals surface area contributed by atoms with Crippen molar-refractivity contribution in [3.8, 4) is 0 Å². The molecule has 2 aliphatic rings. The Morgan fingerprint density at radius 2 is 2.16 bits per heavy atom. The topological polar surface area (TPSA) is 57.6 Å². The summed E-state index contributed by atoms with van der Waals surface area (Å²) in [5.74, 6) is 0.541. The van der Waals surface area contributed by atoms with Crippen LogP contribution in [0.3, 0.4) is 0 Å². The van der Waals surface area contributed by atoms with Gasteiger partial charge in [-0.3, -0.25) is 0 Å². The summed E-state index contributed by atoms with van der Waals surface area (Å²) in [7, 11) is -3.40. The van der Waals surface area contributed by atoms with Gasteiger partial charge in [-0.25, -0.2) is 8.42 Å². The highest BCUT2D eigenvalue weighted by Gasteiger charge is 2.44. The highest BCUT2D eigenvalue weighted by atomic mass is 32.2. The molecule has 2 bridgehead atoms. The first-order valence-electron chi connectivity index (χ1n) is 6.78. The van der Waals surface area contributed by atoms with Crippen LogP contribution in [0.5, 0.6) is 0 Å². The second-order valence-corrected chi connectivity index (χ2v) is 7.55. The van der Waals surface area contributed by atoms with Crippen LogP contribution in [0.15, 0.2) is 29.2 Å². The maximum absolute atomic E-state index is 12.6. The fraction of sp³-hybridized carbons (Fsp3) is 0.571. The van der Waals surface area contributed by atoms with Gasteiger partial charge in [-0.15, -0.1) is 0 Å². The molecule has 2 fully saturated rings. The lowest BCUT2D eigenvalue weighted by Crippen LogP contribution is -2.37. The SMILES string of the molecule is CC(O)c1cccc(S(=O)(=O)N2CC3CCC2C3)c1. The standard InChI is InChI=1S/C14H19NO3S/c1-10(16)12-3-2-4-14(8-12)19(17,18)15-9-11-5-6-13(15)7-11/h2-4,8,10-11,13,16H,5-7,9H2,1H3. The number of aliphatic hydroxyl groups is 1. The Kier molecular flexibility index (Phi) is 3.15. The predicted octanol–water partition coefficient (Wildman–Crippen LogP) is 1.91. The Morgan fingerprint density at radius 3 is 2.74 bits per heavy atom. The van der Waals surface area contributed by atoms with Crippen molar-refractivity contribution in [3.05, 3.63) is 29.8 Å². The third-order valence-corrected chi connectivity index (χ3v) is 6.22. The third kappa shape index (κ3) is 2.20. The molecule has 1 saturated carbocycles. The zero-order valence-corrected chi connectivity index (χ0v) is 11.8. The average Bonchev–Trinajstić information content (AvgIpc) is 3.01. The van der Waals surface area contributed by atoms with Gasteiger partial charge in [-0.2, -0.15) is 4.31 Å². The number of benzene rings is 1. The number of aliphatic hydroxyl groups excluding tert-OH is 1. The molecular formula is C14H19NO3S. The molecule has 1 heterocycles. The Morgan fingerprint density at radius 1 is 1.37 bits per heavy atom. The van der Waals surface area contributed by atoms with Crippen molar-refractivity contribution in [3.63, 3.8) is 0 Å². The summed E-state index contributed by atoms with van der Waals surface area (Å²) in [6, 6.07) is 6.84. The van der Waals surface area contributed by atoms with E-state index in [4.69, 9.17) is 0 Å².